The van der Waals surface area contributed by atoms with Crippen LogP contribution in [0, 0.1) is 17.6 Å². The highest BCUT2D eigenvalue weighted by atomic mass is 19.1. The van der Waals surface area contributed by atoms with Crippen LogP contribution in [-0.4, -0.2) is 37.1 Å². The first kappa shape index (κ1) is 15.5. The Balaban J connectivity index is 1.76. The van der Waals surface area contributed by atoms with E-state index in [0.29, 0.717) is 12.5 Å². The van der Waals surface area contributed by atoms with Gasteiger partial charge in [0.25, 0.3) is 0 Å². The Labute approximate surface area is 123 Å². The molecule has 0 aliphatic carbocycles. The number of guanidine groups is 1. The highest BCUT2D eigenvalue weighted by Gasteiger charge is 2.16. The van der Waals surface area contributed by atoms with E-state index in [-0.39, 0.29) is 12.4 Å². The molecule has 1 aromatic rings. The summed E-state index contributed by atoms with van der Waals surface area (Å²) in [5.74, 6) is -0.0701. The van der Waals surface area contributed by atoms with Gasteiger partial charge in [-0.25, -0.2) is 13.8 Å². The molecule has 21 heavy (non-hydrogen) atoms. The quantitative estimate of drug-likeness (QED) is 0.527. The van der Waals surface area contributed by atoms with Gasteiger partial charge in [0.05, 0.1) is 6.54 Å². The molecular weight excluding hydrogens is 276 g/mol. The van der Waals surface area contributed by atoms with Gasteiger partial charge in [-0.3, -0.25) is 0 Å². The van der Waals surface area contributed by atoms with E-state index < -0.39 is 11.6 Å². The molecule has 0 spiro atoms. The summed E-state index contributed by atoms with van der Waals surface area (Å²) in [4.78, 5) is 6.29. The number of aliphatic imine (C=N–C) groups is 1. The van der Waals surface area contributed by atoms with Crippen LogP contribution in [0.25, 0.3) is 0 Å². The summed E-state index contributed by atoms with van der Waals surface area (Å²) in [7, 11) is 0. The third-order valence-corrected chi connectivity index (χ3v) is 3.62. The third kappa shape index (κ3) is 4.58. The summed E-state index contributed by atoms with van der Waals surface area (Å²) in [5, 5.41) is 0. The molecule has 0 unspecified atom stereocenters. The van der Waals surface area contributed by atoms with Gasteiger partial charge in [0.15, 0.2) is 17.5 Å². The average molecular weight is 297 g/mol. The minimum atomic E-state index is -0.711. The standard InChI is InChI=1S/C15H21F2N3O/c1-11-4-7-20(8-5-11)15(18)19-6-9-21-14-3-2-12(16)10-13(14)17/h2-3,10-11H,4-9H2,1H3,(H2,18,19). The second kappa shape index (κ2) is 7.24. The molecule has 1 aromatic carbocycles. The number of hydrogen-bond acceptors (Lipinski definition) is 2. The van der Waals surface area contributed by atoms with E-state index in [9.17, 15) is 8.78 Å². The zero-order valence-corrected chi connectivity index (χ0v) is 12.2. The fourth-order valence-electron chi connectivity index (χ4n) is 2.25. The molecule has 0 atom stereocenters. The highest BCUT2D eigenvalue weighted by Crippen LogP contribution is 2.17. The Kier molecular flexibility index (Phi) is 5.36. The first-order valence-electron chi connectivity index (χ1n) is 7.19. The second-order valence-electron chi connectivity index (χ2n) is 5.33. The predicted octanol–water partition coefficient (Wildman–Crippen LogP) is 2.39. The molecule has 6 heteroatoms. The SMILES string of the molecule is CC1CCN(C(N)=NCCOc2ccc(F)cc2F)CC1. The second-order valence-corrected chi connectivity index (χ2v) is 5.33. The van der Waals surface area contributed by atoms with Crippen LogP contribution in [0.1, 0.15) is 19.8 Å². The lowest BCUT2D eigenvalue weighted by molar-refractivity contribution is 0.275. The summed E-state index contributed by atoms with van der Waals surface area (Å²) in [6.45, 7) is 4.62. The van der Waals surface area contributed by atoms with Gasteiger partial charge < -0.3 is 15.4 Å². The van der Waals surface area contributed by atoms with Crippen molar-refractivity contribution in [3.8, 4) is 5.75 Å². The molecule has 0 amide bonds. The molecule has 4 nitrogen and oxygen atoms in total. The van der Waals surface area contributed by atoms with E-state index in [4.69, 9.17) is 10.5 Å². The number of piperidine rings is 1. The van der Waals surface area contributed by atoms with Gasteiger partial charge >= 0.3 is 0 Å². The molecule has 0 radical (unpaired) electrons. The van der Waals surface area contributed by atoms with Crippen molar-refractivity contribution in [2.45, 2.75) is 19.8 Å². The van der Waals surface area contributed by atoms with Crippen LogP contribution in [0.5, 0.6) is 5.75 Å². The lowest BCUT2D eigenvalue weighted by Crippen LogP contribution is -2.42. The number of likely N-dealkylation sites (tertiary alicyclic amines) is 1. The molecule has 0 saturated carbocycles. The zero-order chi connectivity index (χ0) is 15.2. The predicted molar refractivity (Wildman–Crippen MR) is 78.3 cm³/mol. The Morgan fingerprint density at radius 2 is 2.10 bits per heavy atom. The van der Waals surface area contributed by atoms with E-state index in [1.54, 1.807) is 0 Å². The third-order valence-electron chi connectivity index (χ3n) is 3.62. The molecule has 1 saturated heterocycles. The molecule has 2 rings (SSSR count). The van der Waals surface area contributed by atoms with Crippen LogP contribution in [-0.2, 0) is 0 Å². The van der Waals surface area contributed by atoms with Crippen molar-refractivity contribution in [1.82, 2.24) is 4.90 Å². The van der Waals surface area contributed by atoms with Crippen LogP contribution in [0.2, 0.25) is 0 Å². The van der Waals surface area contributed by atoms with Crippen LogP contribution >= 0.6 is 0 Å². The highest BCUT2D eigenvalue weighted by molar-refractivity contribution is 5.78. The number of rotatable bonds is 4. The maximum atomic E-state index is 13.3. The van der Waals surface area contributed by atoms with Crippen molar-refractivity contribution in [1.29, 1.82) is 0 Å². The Morgan fingerprint density at radius 1 is 1.38 bits per heavy atom. The number of ether oxygens (including phenoxy) is 1. The molecule has 2 N–H and O–H groups in total. The van der Waals surface area contributed by atoms with Gasteiger partial charge in [-0.2, -0.15) is 0 Å². The van der Waals surface area contributed by atoms with Crippen molar-refractivity contribution in [3.63, 3.8) is 0 Å². The monoisotopic (exact) mass is 297 g/mol. The molecular formula is C15H21F2N3O. The molecule has 1 aliphatic rings. The topological polar surface area (TPSA) is 50.8 Å². The lowest BCUT2D eigenvalue weighted by Gasteiger charge is -2.31. The van der Waals surface area contributed by atoms with Crippen LogP contribution < -0.4 is 10.5 Å². The Hall–Kier alpha value is -1.85. The van der Waals surface area contributed by atoms with Gasteiger partial charge in [-0.05, 0) is 30.9 Å². The molecule has 1 aliphatic heterocycles. The number of benzene rings is 1. The van der Waals surface area contributed by atoms with E-state index >= 15 is 0 Å². The minimum absolute atomic E-state index is 0.0250. The fraction of sp³-hybridized carbons (Fsp3) is 0.533. The lowest BCUT2D eigenvalue weighted by atomic mass is 10.00. The van der Waals surface area contributed by atoms with Crippen molar-refractivity contribution >= 4 is 5.96 Å². The molecule has 0 bridgehead atoms. The summed E-state index contributed by atoms with van der Waals surface area (Å²) < 4.78 is 31.3. The molecule has 1 heterocycles. The van der Waals surface area contributed by atoms with Crippen LogP contribution in [0.3, 0.4) is 0 Å². The van der Waals surface area contributed by atoms with Gasteiger partial charge in [0, 0.05) is 19.2 Å². The van der Waals surface area contributed by atoms with Crippen molar-refractivity contribution in [2.75, 3.05) is 26.2 Å². The van der Waals surface area contributed by atoms with Crippen LogP contribution in [0.4, 0.5) is 8.78 Å². The first-order chi connectivity index (χ1) is 10.1. The minimum Gasteiger partial charge on any atom is -0.489 e. The zero-order valence-electron chi connectivity index (χ0n) is 12.2. The Bertz CT molecular complexity index is 500. The average Bonchev–Trinajstić information content (AvgIpc) is 2.46. The van der Waals surface area contributed by atoms with Gasteiger partial charge in [0.1, 0.15) is 12.4 Å². The van der Waals surface area contributed by atoms with Crippen LogP contribution in [0.15, 0.2) is 23.2 Å². The van der Waals surface area contributed by atoms with E-state index in [1.807, 2.05) is 0 Å². The Morgan fingerprint density at radius 3 is 2.76 bits per heavy atom. The largest absolute Gasteiger partial charge is 0.489 e. The van der Waals surface area contributed by atoms with Gasteiger partial charge in [0.2, 0.25) is 0 Å². The van der Waals surface area contributed by atoms with E-state index in [1.165, 1.54) is 6.07 Å². The van der Waals surface area contributed by atoms with E-state index in [0.717, 1.165) is 44.0 Å². The summed E-state index contributed by atoms with van der Waals surface area (Å²) >= 11 is 0. The maximum Gasteiger partial charge on any atom is 0.191 e. The normalized spacial score (nSPS) is 17.1. The summed E-state index contributed by atoms with van der Waals surface area (Å²) in [6.07, 6.45) is 2.24. The summed E-state index contributed by atoms with van der Waals surface area (Å²) in [5.41, 5.74) is 5.92. The fourth-order valence-corrected chi connectivity index (χ4v) is 2.25. The number of hydrogen-bond donors (Lipinski definition) is 1. The number of nitrogens with two attached hydrogens (primary N) is 1. The number of nitrogens with zero attached hydrogens (tertiary/aromatic N) is 2. The summed E-state index contributed by atoms with van der Waals surface area (Å²) in [6, 6.07) is 3.22. The van der Waals surface area contributed by atoms with Crippen molar-refractivity contribution in [2.24, 2.45) is 16.6 Å². The molecule has 1 fully saturated rings. The molecule has 116 valence electrons. The van der Waals surface area contributed by atoms with Crippen molar-refractivity contribution < 1.29 is 13.5 Å². The first-order valence-corrected chi connectivity index (χ1v) is 7.19. The van der Waals surface area contributed by atoms with Crippen molar-refractivity contribution in [3.05, 3.63) is 29.8 Å². The van der Waals surface area contributed by atoms with Gasteiger partial charge in [-0.1, -0.05) is 6.92 Å². The van der Waals surface area contributed by atoms with E-state index in [2.05, 4.69) is 16.8 Å². The maximum absolute atomic E-state index is 13.3. The smallest absolute Gasteiger partial charge is 0.191 e. The number of halogens is 2. The van der Waals surface area contributed by atoms with Gasteiger partial charge in [-0.15, -0.1) is 0 Å². The molecule has 0 aromatic heterocycles.